The van der Waals surface area contributed by atoms with E-state index in [-0.39, 0.29) is 12.5 Å². The van der Waals surface area contributed by atoms with Crippen LogP contribution in [0.5, 0.6) is 5.75 Å². The zero-order valence-corrected chi connectivity index (χ0v) is 16.5. The van der Waals surface area contributed by atoms with Crippen molar-refractivity contribution in [2.45, 2.75) is 13.5 Å². The summed E-state index contributed by atoms with van der Waals surface area (Å²) in [5.41, 5.74) is 2.21. The summed E-state index contributed by atoms with van der Waals surface area (Å²) in [6.45, 7) is 5.83. The van der Waals surface area contributed by atoms with Crippen molar-refractivity contribution < 1.29 is 13.9 Å². The van der Waals surface area contributed by atoms with E-state index < -0.39 is 5.63 Å². The van der Waals surface area contributed by atoms with Gasteiger partial charge in [0.1, 0.15) is 11.3 Å². The van der Waals surface area contributed by atoms with Crippen LogP contribution in [0.3, 0.4) is 0 Å². The number of carbonyl (C=O) groups excluding carboxylic acids is 1. The van der Waals surface area contributed by atoms with Crippen LogP contribution in [0, 0.1) is 6.92 Å². The topological polar surface area (TPSA) is 63.0 Å². The number of ether oxygens (including phenoxy) is 1. The van der Waals surface area contributed by atoms with Crippen LogP contribution in [0.1, 0.15) is 11.1 Å². The van der Waals surface area contributed by atoms with Gasteiger partial charge in [-0.05, 0) is 30.2 Å². The van der Waals surface area contributed by atoms with Gasteiger partial charge in [0.05, 0.1) is 0 Å². The van der Waals surface area contributed by atoms with Gasteiger partial charge in [0.15, 0.2) is 6.61 Å². The normalized spacial score (nSPS) is 14.9. The molecule has 0 N–H and O–H groups in total. The molecule has 6 heteroatoms. The minimum absolute atomic E-state index is 0.0275. The van der Waals surface area contributed by atoms with Crippen molar-refractivity contribution in [1.82, 2.24) is 9.80 Å². The lowest BCUT2D eigenvalue weighted by Gasteiger charge is -2.34. The molecule has 0 spiro atoms. The molecule has 0 atom stereocenters. The maximum atomic E-state index is 12.5. The smallest absolute Gasteiger partial charge is 0.336 e. The number of benzene rings is 2. The number of fused-ring (bicyclic) bond motifs is 1. The lowest BCUT2D eigenvalue weighted by atomic mass is 10.1. The molecule has 0 aliphatic carbocycles. The Kier molecular flexibility index (Phi) is 5.62. The zero-order valence-electron chi connectivity index (χ0n) is 16.5. The number of hydrogen-bond donors (Lipinski definition) is 0. The molecular formula is C23H24N2O4. The van der Waals surface area contributed by atoms with Crippen LogP contribution < -0.4 is 10.4 Å². The summed E-state index contributed by atoms with van der Waals surface area (Å²) in [7, 11) is 0. The predicted octanol–water partition coefficient (Wildman–Crippen LogP) is 2.82. The Morgan fingerprint density at radius 3 is 2.55 bits per heavy atom. The maximum absolute atomic E-state index is 12.5. The van der Waals surface area contributed by atoms with Gasteiger partial charge in [-0.3, -0.25) is 9.69 Å². The lowest BCUT2D eigenvalue weighted by Crippen LogP contribution is -2.49. The molecule has 0 unspecified atom stereocenters. The number of piperazine rings is 1. The van der Waals surface area contributed by atoms with Gasteiger partial charge in [-0.2, -0.15) is 0 Å². The van der Waals surface area contributed by atoms with E-state index in [0.717, 1.165) is 30.6 Å². The second kappa shape index (κ2) is 8.49. The fourth-order valence-electron chi connectivity index (χ4n) is 3.63. The van der Waals surface area contributed by atoms with Crippen LogP contribution in [-0.2, 0) is 11.3 Å². The third-order valence-corrected chi connectivity index (χ3v) is 5.26. The molecule has 150 valence electrons. The number of rotatable bonds is 5. The number of hydrogen-bond acceptors (Lipinski definition) is 5. The molecule has 1 amide bonds. The molecule has 0 saturated carbocycles. The number of nitrogens with zero attached hydrogens (tertiary/aromatic N) is 2. The third kappa shape index (κ3) is 4.66. The van der Waals surface area contributed by atoms with Crippen LogP contribution in [-0.4, -0.2) is 48.5 Å². The van der Waals surface area contributed by atoms with Gasteiger partial charge < -0.3 is 14.1 Å². The van der Waals surface area contributed by atoms with Gasteiger partial charge in [-0.25, -0.2) is 4.79 Å². The molecule has 1 aromatic heterocycles. The van der Waals surface area contributed by atoms with Crippen LogP contribution in [0.15, 0.2) is 63.8 Å². The van der Waals surface area contributed by atoms with Crippen molar-refractivity contribution in [2.75, 3.05) is 32.8 Å². The molecule has 0 radical (unpaired) electrons. The Morgan fingerprint density at radius 1 is 1.03 bits per heavy atom. The van der Waals surface area contributed by atoms with E-state index in [1.54, 1.807) is 12.1 Å². The molecule has 2 aromatic carbocycles. The molecule has 29 heavy (non-hydrogen) atoms. The molecule has 0 bridgehead atoms. The van der Waals surface area contributed by atoms with E-state index in [4.69, 9.17) is 9.15 Å². The summed E-state index contributed by atoms with van der Waals surface area (Å²) in [6.07, 6.45) is 0. The quantitative estimate of drug-likeness (QED) is 0.625. The lowest BCUT2D eigenvalue weighted by molar-refractivity contribution is -0.135. The van der Waals surface area contributed by atoms with Crippen molar-refractivity contribution in [1.29, 1.82) is 0 Å². The van der Waals surface area contributed by atoms with E-state index in [2.05, 4.69) is 17.0 Å². The van der Waals surface area contributed by atoms with Gasteiger partial charge in [-0.15, -0.1) is 0 Å². The van der Waals surface area contributed by atoms with Gasteiger partial charge in [0.25, 0.3) is 5.91 Å². The molecule has 1 aliphatic rings. The van der Waals surface area contributed by atoms with Crippen molar-refractivity contribution in [3.63, 3.8) is 0 Å². The van der Waals surface area contributed by atoms with E-state index in [1.807, 2.05) is 36.1 Å². The molecule has 1 fully saturated rings. The van der Waals surface area contributed by atoms with Crippen molar-refractivity contribution >= 4 is 16.9 Å². The van der Waals surface area contributed by atoms with Crippen LogP contribution in [0.4, 0.5) is 0 Å². The summed E-state index contributed by atoms with van der Waals surface area (Å²) in [5.74, 6) is 0.484. The summed E-state index contributed by atoms with van der Waals surface area (Å²) < 4.78 is 10.9. The molecule has 3 aromatic rings. The van der Waals surface area contributed by atoms with Crippen LogP contribution >= 0.6 is 0 Å². The summed E-state index contributed by atoms with van der Waals surface area (Å²) in [6, 6.07) is 17.1. The van der Waals surface area contributed by atoms with Gasteiger partial charge in [0, 0.05) is 50.2 Å². The van der Waals surface area contributed by atoms with Crippen LogP contribution in [0.25, 0.3) is 11.0 Å². The second-order valence-electron chi connectivity index (χ2n) is 7.34. The predicted molar refractivity (Wildman–Crippen MR) is 111 cm³/mol. The second-order valence-corrected chi connectivity index (χ2v) is 7.34. The highest BCUT2D eigenvalue weighted by molar-refractivity contribution is 5.81. The first kappa shape index (κ1) is 19.2. The standard InChI is InChI=1S/C23H24N2O4/c1-17-13-23(27)29-21-14-19(7-8-20(17)21)28-16-22(26)25-11-9-24(10-12-25)15-18-5-3-2-4-6-18/h2-8,13-14H,9-12,15-16H2,1H3. The monoisotopic (exact) mass is 392 g/mol. The largest absolute Gasteiger partial charge is 0.484 e. The van der Waals surface area contributed by atoms with E-state index >= 15 is 0 Å². The van der Waals surface area contributed by atoms with Gasteiger partial charge in [-0.1, -0.05) is 30.3 Å². The molecule has 1 aliphatic heterocycles. The Hall–Kier alpha value is -3.12. The van der Waals surface area contributed by atoms with Gasteiger partial charge >= 0.3 is 5.63 Å². The third-order valence-electron chi connectivity index (χ3n) is 5.26. The fraction of sp³-hybridized carbons (Fsp3) is 0.304. The first-order valence-electron chi connectivity index (χ1n) is 9.80. The first-order chi connectivity index (χ1) is 14.1. The van der Waals surface area contributed by atoms with E-state index in [0.29, 0.717) is 24.4 Å². The average molecular weight is 392 g/mol. The van der Waals surface area contributed by atoms with Crippen LogP contribution in [0.2, 0.25) is 0 Å². The SMILES string of the molecule is Cc1cc(=O)oc2cc(OCC(=O)N3CCN(Cc4ccccc4)CC3)ccc12. The minimum atomic E-state index is -0.392. The highest BCUT2D eigenvalue weighted by Gasteiger charge is 2.21. The zero-order chi connectivity index (χ0) is 20.2. The molecule has 4 rings (SSSR count). The molecule has 6 nitrogen and oxygen atoms in total. The molecule has 1 saturated heterocycles. The van der Waals surface area contributed by atoms with Crippen molar-refractivity contribution in [2.24, 2.45) is 0 Å². The fourth-order valence-corrected chi connectivity index (χ4v) is 3.63. The molecule has 2 heterocycles. The van der Waals surface area contributed by atoms with E-state index in [9.17, 15) is 9.59 Å². The van der Waals surface area contributed by atoms with Crippen molar-refractivity contribution in [3.8, 4) is 5.75 Å². The minimum Gasteiger partial charge on any atom is -0.484 e. The highest BCUT2D eigenvalue weighted by Crippen LogP contribution is 2.22. The Balaban J connectivity index is 1.30. The van der Waals surface area contributed by atoms with E-state index in [1.165, 1.54) is 11.6 Å². The number of aryl methyl sites for hydroxylation is 1. The number of amides is 1. The Bertz CT molecular complexity index is 1050. The Labute approximate surface area is 169 Å². The summed E-state index contributed by atoms with van der Waals surface area (Å²) >= 11 is 0. The number of carbonyl (C=O) groups is 1. The summed E-state index contributed by atoms with van der Waals surface area (Å²) in [5, 5.41) is 0.859. The Morgan fingerprint density at radius 2 is 1.79 bits per heavy atom. The van der Waals surface area contributed by atoms with Gasteiger partial charge in [0.2, 0.25) is 0 Å². The van der Waals surface area contributed by atoms with Crippen molar-refractivity contribution in [3.05, 3.63) is 76.1 Å². The maximum Gasteiger partial charge on any atom is 0.336 e. The highest BCUT2D eigenvalue weighted by atomic mass is 16.5. The first-order valence-corrected chi connectivity index (χ1v) is 9.80. The average Bonchev–Trinajstić information content (AvgIpc) is 2.73. The summed E-state index contributed by atoms with van der Waals surface area (Å²) in [4.78, 5) is 28.3. The molecular weight excluding hydrogens is 368 g/mol.